The van der Waals surface area contributed by atoms with Gasteiger partial charge in [-0.15, -0.1) is 0 Å². The van der Waals surface area contributed by atoms with Gasteiger partial charge in [-0.3, -0.25) is 4.79 Å². The summed E-state index contributed by atoms with van der Waals surface area (Å²) in [5, 5.41) is 11.8. The molecule has 2 N–H and O–H groups in total. The lowest BCUT2D eigenvalue weighted by Gasteiger charge is -2.08. The van der Waals surface area contributed by atoms with Crippen LogP contribution in [-0.4, -0.2) is 24.1 Å². The van der Waals surface area contributed by atoms with E-state index in [0.29, 0.717) is 0 Å². The molecule has 0 atom stereocenters. The van der Waals surface area contributed by atoms with Gasteiger partial charge >= 0.3 is 5.97 Å². The van der Waals surface area contributed by atoms with Gasteiger partial charge in [0, 0.05) is 11.8 Å². The van der Waals surface area contributed by atoms with Crippen molar-refractivity contribution in [3.05, 3.63) is 70.8 Å². The number of benzene rings is 1. The number of nitrogens with one attached hydrogen (secondary N) is 1. The van der Waals surface area contributed by atoms with Crippen molar-refractivity contribution in [1.29, 1.82) is 0 Å². The summed E-state index contributed by atoms with van der Waals surface area (Å²) in [5.41, 5.74) is 3.34. The Balaban J connectivity index is 0.00000113. The summed E-state index contributed by atoms with van der Waals surface area (Å²) in [7, 11) is 1.64. The lowest BCUT2D eigenvalue weighted by atomic mass is 10.0. The van der Waals surface area contributed by atoms with E-state index >= 15 is 0 Å². The third-order valence-electron chi connectivity index (χ3n) is 4.49. The third-order valence-corrected chi connectivity index (χ3v) is 4.49. The molecule has 6 heteroatoms. The van der Waals surface area contributed by atoms with Crippen LogP contribution in [0.2, 0.25) is 0 Å². The monoisotopic (exact) mass is 427 g/mol. The molecule has 3 rings (SSSR count). The molecule has 1 aliphatic carbocycles. The average Bonchev–Trinajstić information content (AvgIpc) is 3.05. The van der Waals surface area contributed by atoms with Crippen molar-refractivity contribution in [1.82, 2.24) is 5.32 Å². The molecule has 0 radical (unpaired) electrons. The number of aromatic carboxylic acids is 1. The lowest BCUT2D eigenvalue weighted by molar-refractivity contribution is 0.0660. The molecule has 0 fully saturated rings. The van der Waals surface area contributed by atoms with E-state index in [-0.39, 0.29) is 23.0 Å². The van der Waals surface area contributed by atoms with Crippen molar-refractivity contribution >= 4 is 17.4 Å². The number of methoxy groups -OCH3 is 1. The highest BCUT2D eigenvalue weighted by Gasteiger charge is 2.19. The van der Waals surface area contributed by atoms with E-state index in [9.17, 15) is 9.59 Å². The fraction of sp³-hybridized carbons (Fsp3) is 0.360. The SMILES string of the molecule is CC.CC.COc1ccc(C2=CC=C(NC(=O)c3cc(C(=O)O)oc3C)CCC2)cc1. The first-order valence-electron chi connectivity index (χ1n) is 10.7. The first kappa shape index (κ1) is 25.8. The van der Waals surface area contributed by atoms with Crippen LogP contribution in [0.25, 0.3) is 5.57 Å². The Bertz CT molecular complexity index is 920. The molecule has 1 aliphatic rings. The fourth-order valence-electron chi connectivity index (χ4n) is 3.01. The standard InChI is InChI=1S/C21H21NO5.2C2H6/c1-13-18(12-19(27-13)21(24)25)20(23)22-16-5-3-4-14(6-9-16)15-7-10-17(26-2)11-8-15;2*1-2/h6-12H,3-5H2,1-2H3,(H,22,23)(H,24,25);2*1-2H3. The minimum absolute atomic E-state index is 0.233. The van der Waals surface area contributed by atoms with Gasteiger partial charge in [-0.05, 0) is 55.5 Å². The summed E-state index contributed by atoms with van der Waals surface area (Å²) in [6, 6.07) is 9.14. The zero-order valence-corrected chi connectivity index (χ0v) is 19.2. The molecule has 0 spiro atoms. The van der Waals surface area contributed by atoms with Crippen LogP contribution in [0.3, 0.4) is 0 Å². The highest BCUT2D eigenvalue weighted by molar-refractivity contribution is 5.98. The number of hydrogen-bond acceptors (Lipinski definition) is 4. The molecule has 0 unspecified atom stereocenters. The third kappa shape index (κ3) is 7.17. The van der Waals surface area contributed by atoms with Crippen LogP contribution in [-0.2, 0) is 0 Å². The van der Waals surface area contributed by atoms with Crippen molar-refractivity contribution in [2.45, 2.75) is 53.9 Å². The second-order valence-electron chi connectivity index (χ2n) is 6.31. The van der Waals surface area contributed by atoms with Gasteiger partial charge in [0.25, 0.3) is 5.91 Å². The Kier molecular flexibility index (Phi) is 10.9. The number of carbonyl (C=O) groups is 2. The van der Waals surface area contributed by atoms with Crippen LogP contribution in [0.5, 0.6) is 5.75 Å². The highest BCUT2D eigenvalue weighted by Crippen LogP contribution is 2.27. The number of hydrogen-bond donors (Lipinski definition) is 2. The number of carboxylic acid groups (broad SMARTS) is 1. The van der Waals surface area contributed by atoms with Crippen molar-refractivity contribution in [2.75, 3.05) is 7.11 Å². The molecule has 168 valence electrons. The Morgan fingerprint density at radius 1 is 1.03 bits per heavy atom. The molecule has 31 heavy (non-hydrogen) atoms. The first-order chi connectivity index (χ1) is 15.0. The average molecular weight is 428 g/mol. The number of furan rings is 1. The highest BCUT2D eigenvalue weighted by atomic mass is 16.5. The lowest BCUT2D eigenvalue weighted by Crippen LogP contribution is -2.22. The molecule has 6 nitrogen and oxygen atoms in total. The zero-order valence-electron chi connectivity index (χ0n) is 19.2. The topological polar surface area (TPSA) is 88.8 Å². The van der Waals surface area contributed by atoms with Gasteiger partial charge in [0.15, 0.2) is 0 Å². The van der Waals surface area contributed by atoms with E-state index in [1.807, 2.05) is 64.1 Å². The van der Waals surface area contributed by atoms with E-state index in [2.05, 4.69) is 5.32 Å². The number of rotatable bonds is 5. The first-order valence-corrected chi connectivity index (χ1v) is 10.7. The normalized spacial score (nSPS) is 12.6. The van der Waals surface area contributed by atoms with Crippen LogP contribution in [0.15, 0.2) is 52.6 Å². The molecule has 1 amide bonds. The van der Waals surface area contributed by atoms with E-state index < -0.39 is 5.97 Å². The van der Waals surface area contributed by atoms with Gasteiger partial charge in [0.05, 0.1) is 12.7 Å². The van der Waals surface area contributed by atoms with Gasteiger partial charge in [0.1, 0.15) is 11.5 Å². The van der Waals surface area contributed by atoms with Gasteiger partial charge in [-0.1, -0.05) is 45.9 Å². The van der Waals surface area contributed by atoms with E-state index in [0.717, 1.165) is 36.3 Å². The van der Waals surface area contributed by atoms with E-state index in [1.54, 1.807) is 14.0 Å². The fourth-order valence-corrected chi connectivity index (χ4v) is 3.01. The molecule has 0 saturated carbocycles. The molecule has 0 aliphatic heterocycles. The molecule has 1 aromatic carbocycles. The Morgan fingerprint density at radius 2 is 1.68 bits per heavy atom. The van der Waals surface area contributed by atoms with Gasteiger partial charge in [-0.25, -0.2) is 4.79 Å². The summed E-state index contributed by atoms with van der Waals surface area (Å²) < 4.78 is 10.3. The second kappa shape index (κ2) is 13.1. The number of amides is 1. The molecule has 2 aromatic rings. The number of carbonyl (C=O) groups excluding carboxylic acids is 1. The summed E-state index contributed by atoms with van der Waals surface area (Å²) in [6.07, 6.45) is 6.43. The maximum Gasteiger partial charge on any atom is 0.371 e. The van der Waals surface area contributed by atoms with Crippen LogP contribution in [0.4, 0.5) is 0 Å². The quantitative estimate of drug-likeness (QED) is 0.590. The minimum atomic E-state index is -1.20. The molecule has 1 heterocycles. The second-order valence-corrected chi connectivity index (χ2v) is 6.31. The van der Waals surface area contributed by atoms with Crippen LogP contribution in [0, 0.1) is 6.92 Å². The Labute approximate surface area is 184 Å². The molecule has 1 aromatic heterocycles. The maximum absolute atomic E-state index is 12.5. The Morgan fingerprint density at radius 3 is 2.23 bits per heavy atom. The molecule has 0 bridgehead atoms. The number of carboxylic acids is 1. The van der Waals surface area contributed by atoms with Crippen molar-refractivity contribution in [3.63, 3.8) is 0 Å². The zero-order chi connectivity index (χ0) is 23.4. The van der Waals surface area contributed by atoms with Crippen molar-refractivity contribution in [2.24, 2.45) is 0 Å². The number of allylic oxidation sites excluding steroid dienone is 4. The van der Waals surface area contributed by atoms with Gasteiger partial charge < -0.3 is 19.6 Å². The van der Waals surface area contributed by atoms with Gasteiger partial charge in [0.2, 0.25) is 5.76 Å². The van der Waals surface area contributed by atoms with E-state index in [4.69, 9.17) is 14.3 Å². The van der Waals surface area contributed by atoms with Gasteiger partial charge in [-0.2, -0.15) is 0 Å². The Hall–Kier alpha value is -3.28. The summed E-state index contributed by atoms with van der Waals surface area (Å²) in [5.74, 6) is -0.704. The molecular weight excluding hydrogens is 394 g/mol. The predicted octanol–water partition coefficient (Wildman–Crippen LogP) is 6.23. The number of ether oxygens (including phenoxy) is 1. The van der Waals surface area contributed by atoms with Crippen LogP contribution in [0.1, 0.15) is 79.2 Å². The maximum atomic E-state index is 12.5. The van der Waals surface area contributed by atoms with Crippen molar-refractivity contribution < 1.29 is 23.8 Å². The molecular formula is C25H33NO5. The summed E-state index contributed by atoms with van der Waals surface area (Å²) in [6.45, 7) is 9.57. The van der Waals surface area contributed by atoms with Crippen LogP contribution < -0.4 is 10.1 Å². The number of aryl methyl sites for hydroxylation is 1. The smallest absolute Gasteiger partial charge is 0.371 e. The largest absolute Gasteiger partial charge is 0.497 e. The van der Waals surface area contributed by atoms with E-state index in [1.165, 1.54) is 11.6 Å². The minimum Gasteiger partial charge on any atom is -0.497 e. The van der Waals surface area contributed by atoms with Crippen LogP contribution >= 0.6 is 0 Å². The summed E-state index contributed by atoms with van der Waals surface area (Å²) >= 11 is 0. The van der Waals surface area contributed by atoms with Crippen molar-refractivity contribution in [3.8, 4) is 5.75 Å². The summed E-state index contributed by atoms with van der Waals surface area (Å²) in [4.78, 5) is 23.4. The molecule has 0 saturated heterocycles. The predicted molar refractivity (Wildman–Crippen MR) is 123 cm³/mol.